The largest absolute Gasteiger partial charge is 0.381 e. The number of aliphatic imine (C=N–C) groups is 1. The smallest absolute Gasteiger partial charge is 0.193 e. The maximum absolute atomic E-state index is 5.79. The number of nitrogens with zero attached hydrogens (tertiary/aromatic N) is 2. The second-order valence-corrected chi connectivity index (χ2v) is 8.71. The van der Waals surface area contributed by atoms with Crippen LogP contribution in [-0.2, 0) is 9.47 Å². The van der Waals surface area contributed by atoms with E-state index < -0.39 is 0 Å². The molecule has 0 radical (unpaired) electrons. The summed E-state index contributed by atoms with van der Waals surface area (Å²) < 4.78 is 11.2. The van der Waals surface area contributed by atoms with Gasteiger partial charge in [-0.2, -0.15) is 0 Å². The second kappa shape index (κ2) is 14.5. The van der Waals surface area contributed by atoms with Crippen LogP contribution in [-0.4, -0.2) is 69.2 Å². The van der Waals surface area contributed by atoms with Crippen molar-refractivity contribution in [1.29, 1.82) is 0 Å². The Morgan fingerprint density at radius 2 is 2.14 bits per heavy atom. The molecule has 3 rings (SSSR count). The fourth-order valence-electron chi connectivity index (χ4n) is 3.63. The minimum absolute atomic E-state index is 0. The van der Waals surface area contributed by atoms with E-state index in [0.717, 1.165) is 77.3 Å². The van der Waals surface area contributed by atoms with E-state index in [-0.39, 0.29) is 24.0 Å². The molecule has 0 aromatic heterocycles. The third-order valence-electron chi connectivity index (χ3n) is 5.24. The van der Waals surface area contributed by atoms with Crippen molar-refractivity contribution in [2.75, 3.05) is 58.4 Å². The van der Waals surface area contributed by atoms with Gasteiger partial charge in [0.25, 0.3) is 0 Å². The highest BCUT2D eigenvalue weighted by atomic mass is 127. The van der Waals surface area contributed by atoms with Gasteiger partial charge in [0.15, 0.2) is 5.96 Å². The minimum atomic E-state index is 0. The molecule has 0 saturated carbocycles. The normalized spacial score (nSPS) is 22.0. The van der Waals surface area contributed by atoms with Crippen molar-refractivity contribution in [3.8, 4) is 0 Å². The Bertz CT molecular complexity index is 585. The van der Waals surface area contributed by atoms with Crippen molar-refractivity contribution >= 4 is 41.7 Å². The Labute approximate surface area is 197 Å². The van der Waals surface area contributed by atoms with E-state index >= 15 is 0 Å². The zero-order chi connectivity index (χ0) is 19.4. The van der Waals surface area contributed by atoms with Gasteiger partial charge in [-0.1, -0.05) is 18.2 Å². The van der Waals surface area contributed by atoms with Crippen LogP contribution < -0.4 is 5.32 Å². The fourth-order valence-corrected chi connectivity index (χ4v) is 4.68. The van der Waals surface area contributed by atoms with Crippen molar-refractivity contribution in [3.05, 3.63) is 30.3 Å². The molecule has 2 aliphatic heterocycles. The van der Waals surface area contributed by atoms with E-state index in [1.165, 1.54) is 17.1 Å². The standard InChI is InChI=1S/C22H35N3O2S.HI/c1-2-23-22(24-11-6-13-26-16-20-10-14-27-17-20)25-12-9-19(15-25)18-28-21-7-4-3-5-8-21;/h3-5,7-8,19-20H,2,6,9-18H2,1H3,(H,23,24);1H. The number of nitrogens with one attached hydrogen (secondary N) is 1. The molecular weight excluding hydrogens is 497 g/mol. The predicted molar refractivity (Wildman–Crippen MR) is 133 cm³/mol. The Balaban J connectivity index is 0.00000300. The monoisotopic (exact) mass is 533 g/mol. The molecule has 0 bridgehead atoms. The average molecular weight is 534 g/mol. The summed E-state index contributed by atoms with van der Waals surface area (Å²) in [5.74, 6) is 3.57. The van der Waals surface area contributed by atoms with Crippen LogP contribution in [0.15, 0.2) is 40.2 Å². The molecule has 2 aliphatic rings. The quantitative estimate of drug-likeness (QED) is 0.161. The second-order valence-electron chi connectivity index (χ2n) is 7.62. The van der Waals surface area contributed by atoms with Crippen molar-refractivity contribution in [2.24, 2.45) is 16.8 Å². The molecule has 0 spiro atoms. The highest BCUT2D eigenvalue weighted by molar-refractivity contribution is 14.0. The topological polar surface area (TPSA) is 46.1 Å². The minimum Gasteiger partial charge on any atom is -0.381 e. The number of rotatable bonds is 10. The number of likely N-dealkylation sites (tertiary alicyclic amines) is 1. The van der Waals surface area contributed by atoms with E-state index in [1.54, 1.807) is 0 Å². The summed E-state index contributed by atoms with van der Waals surface area (Å²) in [5.41, 5.74) is 0. The van der Waals surface area contributed by atoms with Crippen LogP contribution in [0.2, 0.25) is 0 Å². The summed E-state index contributed by atoms with van der Waals surface area (Å²) in [6.45, 7) is 9.45. The summed E-state index contributed by atoms with van der Waals surface area (Å²) in [5, 5.41) is 3.47. The Morgan fingerprint density at radius 1 is 1.28 bits per heavy atom. The van der Waals surface area contributed by atoms with Crippen LogP contribution in [0.3, 0.4) is 0 Å². The lowest BCUT2D eigenvalue weighted by Crippen LogP contribution is -2.40. The van der Waals surface area contributed by atoms with Crippen LogP contribution in [0.4, 0.5) is 0 Å². The van der Waals surface area contributed by atoms with Crippen molar-refractivity contribution in [3.63, 3.8) is 0 Å². The van der Waals surface area contributed by atoms with Gasteiger partial charge in [-0.15, -0.1) is 35.7 Å². The van der Waals surface area contributed by atoms with Gasteiger partial charge >= 0.3 is 0 Å². The molecule has 29 heavy (non-hydrogen) atoms. The number of hydrogen-bond donors (Lipinski definition) is 1. The van der Waals surface area contributed by atoms with Crippen LogP contribution >= 0.6 is 35.7 Å². The summed E-state index contributed by atoms with van der Waals surface area (Å²) in [6.07, 6.45) is 3.36. The SMILES string of the molecule is CCNC(=NCCCOCC1CCOC1)N1CCC(CSc2ccccc2)C1.I. The van der Waals surface area contributed by atoms with Gasteiger partial charge < -0.3 is 19.7 Å². The van der Waals surface area contributed by atoms with Gasteiger partial charge in [-0.05, 0) is 44.2 Å². The summed E-state index contributed by atoms with van der Waals surface area (Å²) in [7, 11) is 0. The van der Waals surface area contributed by atoms with Crippen molar-refractivity contribution < 1.29 is 9.47 Å². The zero-order valence-corrected chi connectivity index (χ0v) is 20.7. The summed E-state index contributed by atoms with van der Waals surface area (Å²) in [6, 6.07) is 10.7. The number of thioether (sulfide) groups is 1. The first kappa shape index (κ1) is 24.8. The zero-order valence-electron chi connectivity index (χ0n) is 17.6. The maximum Gasteiger partial charge on any atom is 0.193 e. The number of guanidine groups is 1. The lowest BCUT2D eigenvalue weighted by Gasteiger charge is -2.21. The molecule has 2 unspecified atom stereocenters. The van der Waals surface area contributed by atoms with E-state index in [0.29, 0.717) is 5.92 Å². The molecule has 2 fully saturated rings. The van der Waals surface area contributed by atoms with Gasteiger partial charge in [0.2, 0.25) is 0 Å². The molecule has 1 aromatic carbocycles. The van der Waals surface area contributed by atoms with Crippen molar-refractivity contribution in [2.45, 2.75) is 31.1 Å². The molecule has 0 aliphatic carbocycles. The van der Waals surface area contributed by atoms with Crippen LogP contribution in [0.25, 0.3) is 0 Å². The fraction of sp³-hybridized carbons (Fsp3) is 0.682. The highest BCUT2D eigenvalue weighted by Crippen LogP contribution is 2.25. The Hall–Kier alpha value is -0.510. The molecule has 164 valence electrons. The molecule has 7 heteroatoms. The first-order chi connectivity index (χ1) is 13.8. The predicted octanol–water partition coefficient (Wildman–Crippen LogP) is 4.13. The number of hydrogen-bond acceptors (Lipinski definition) is 4. The molecular formula is C22H36IN3O2S. The average Bonchev–Trinajstić information content (AvgIpc) is 3.41. The molecule has 2 saturated heterocycles. The first-order valence-electron chi connectivity index (χ1n) is 10.7. The van der Waals surface area contributed by atoms with E-state index in [9.17, 15) is 0 Å². The van der Waals surface area contributed by atoms with E-state index in [4.69, 9.17) is 14.5 Å². The lowest BCUT2D eigenvalue weighted by atomic mass is 10.1. The van der Waals surface area contributed by atoms with Crippen LogP contribution in [0.1, 0.15) is 26.2 Å². The third-order valence-corrected chi connectivity index (χ3v) is 6.48. The molecule has 2 atom stereocenters. The van der Waals surface area contributed by atoms with Crippen molar-refractivity contribution in [1.82, 2.24) is 10.2 Å². The summed E-state index contributed by atoms with van der Waals surface area (Å²) in [4.78, 5) is 8.63. The van der Waals surface area contributed by atoms with Gasteiger partial charge in [0.1, 0.15) is 0 Å². The highest BCUT2D eigenvalue weighted by Gasteiger charge is 2.24. The van der Waals surface area contributed by atoms with Gasteiger partial charge in [0.05, 0.1) is 13.2 Å². The lowest BCUT2D eigenvalue weighted by molar-refractivity contribution is 0.0893. The van der Waals surface area contributed by atoms with Gasteiger partial charge in [-0.25, -0.2) is 0 Å². The van der Waals surface area contributed by atoms with Gasteiger partial charge in [-0.3, -0.25) is 4.99 Å². The first-order valence-corrected chi connectivity index (χ1v) is 11.7. The van der Waals surface area contributed by atoms with Crippen LogP contribution in [0, 0.1) is 11.8 Å². The van der Waals surface area contributed by atoms with E-state index in [2.05, 4.69) is 47.5 Å². The summed E-state index contributed by atoms with van der Waals surface area (Å²) >= 11 is 1.97. The Morgan fingerprint density at radius 3 is 2.90 bits per heavy atom. The molecule has 0 amide bonds. The maximum atomic E-state index is 5.79. The number of halogens is 1. The molecule has 5 nitrogen and oxygen atoms in total. The molecule has 2 heterocycles. The van der Waals surface area contributed by atoms with Gasteiger partial charge in [0, 0.05) is 56.0 Å². The Kier molecular flexibility index (Phi) is 12.4. The number of ether oxygens (including phenoxy) is 2. The number of benzene rings is 1. The third kappa shape index (κ3) is 9.02. The van der Waals surface area contributed by atoms with E-state index in [1.807, 2.05) is 11.8 Å². The molecule has 1 aromatic rings. The molecule has 1 N–H and O–H groups in total. The van der Waals surface area contributed by atoms with Crippen LogP contribution in [0.5, 0.6) is 0 Å².